The van der Waals surface area contributed by atoms with Gasteiger partial charge in [-0.1, -0.05) is 11.8 Å². The first-order valence-corrected chi connectivity index (χ1v) is 5.57. The Bertz CT molecular complexity index is 570. The topological polar surface area (TPSA) is 95.5 Å². The zero-order valence-corrected chi connectivity index (χ0v) is 10.7. The second-order valence-electron chi connectivity index (χ2n) is 3.76. The first-order chi connectivity index (χ1) is 9.01. The van der Waals surface area contributed by atoms with Crippen molar-refractivity contribution in [3.8, 4) is 11.8 Å². The number of hydrogen-bond donors (Lipinski definition) is 1. The van der Waals surface area contributed by atoms with Gasteiger partial charge >= 0.3 is 5.97 Å². The van der Waals surface area contributed by atoms with Gasteiger partial charge in [-0.3, -0.25) is 10.1 Å². The number of nitrogens with two attached hydrogens (primary N) is 1. The van der Waals surface area contributed by atoms with E-state index in [1.807, 2.05) is 0 Å². The van der Waals surface area contributed by atoms with Crippen LogP contribution in [0.25, 0.3) is 0 Å². The van der Waals surface area contributed by atoms with Gasteiger partial charge in [0.1, 0.15) is 0 Å². The summed E-state index contributed by atoms with van der Waals surface area (Å²) in [6, 6.07) is 2.82. The average Bonchev–Trinajstić information content (AvgIpc) is 2.39. The van der Waals surface area contributed by atoms with Crippen LogP contribution in [0.1, 0.15) is 27.9 Å². The van der Waals surface area contributed by atoms with E-state index >= 15 is 0 Å². The lowest BCUT2D eigenvalue weighted by Gasteiger charge is -2.05. The number of nitrogens with zero attached hydrogens (tertiary/aromatic N) is 1. The molecule has 0 bridgehead atoms. The van der Waals surface area contributed by atoms with Crippen molar-refractivity contribution >= 4 is 11.7 Å². The highest BCUT2D eigenvalue weighted by molar-refractivity contribution is 5.92. The third kappa shape index (κ3) is 3.53. The number of ether oxygens (including phenoxy) is 1. The van der Waals surface area contributed by atoms with E-state index in [4.69, 9.17) is 5.73 Å². The number of nitro groups is 1. The van der Waals surface area contributed by atoms with E-state index in [2.05, 4.69) is 16.6 Å². The number of carbonyl (C=O) groups excluding carboxylic acids is 1. The molecule has 0 atom stereocenters. The lowest BCUT2D eigenvalue weighted by atomic mass is 10.0. The highest BCUT2D eigenvalue weighted by Crippen LogP contribution is 2.24. The van der Waals surface area contributed by atoms with Crippen LogP contribution in [0.5, 0.6) is 0 Å². The summed E-state index contributed by atoms with van der Waals surface area (Å²) in [5.41, 5.74) is 5.96. The van der Waals surface area contributed by atoms with Crippen LogP contribution in [0.2, 0.25) is 0 Å². The lowest BCUT2D eigenvalue weighted by Crippen LogP contribution is -2.06. The Kier molecular flexibility index (Phi) is 5.03. The highest BCUT2D eigenvalue weighted by atomic mass is 16.6. The molecule has 19 heavy (non-hydrogen) atoms. The molecular formula is C13H14N2O4. The van der Waals surface area contributed by atoms with E-state index in [1.54, 1.807) is 0 Å². The maximum atomic E-state index is 11.6. The minimum absolute atomic E-state index is 0.147. The Morgan fingerprint density at radius 2 is 2.21 bits per heavy atom. The summed E-state index contributed by atoms with van der Waals surface area (Å²) in [5, 5.41) is 11.0. The summed E-state index contributed by atoms with van der Waals surface area (Å²) < 4.78 is 4.60. The molecule has 100 valence electrons. The lowest BCUT2D eigenvalue weighted by molar-refractivity contribution is -0.385. The number of benzene rings is 1. The van der Waals surface area contributed by atoms with Crippen molar-refractivity contribution in [1.82, 2.24) is 0 Å². The van der Waals surface area contributed by atoms with Gasteiger partial charge in [-0.15, -0.1) is 0 Å². The Morgan fingerprint density at radius 1 is 1.53 bits per heavy atom. The maximum absolute atomic E-state index is 11.6. The maximum Gasteiger partial charge on any atom is 0.338 e. The molecule has 0 unspecified atom stereocenters. The first-order valence-electron chi connectivity index (χ1n) is 5.57. The van der Waals surface area contributed by atoms with Gasteiger partial charge in [-0.25, -0.2) is 4.79 Å². The molecule has 6 heteroatoms. The molecule has 2 N–H and O–H groups in total. The third-order valence-electron chi connectivity index (χ3n) is 2.48. The molecule has 0 fully saturated rings. The largest absolute Gasteiger partial charge is 0.465 e. The molecule has 0 heterocycles. The molecule has 0 saturated heterocycles. The number of nitro benzene ring substituents is 1. The van der Waals surface area contributed by atoms with Crippen LogP contribution in [-0.2, 0) is 4.74 Å². The molecule has 0 radical (unpaired) electrons. The van der Waals surface area contributed by atoms with Crippen LogP contribution in [0.3, 0.4) is 0 Å². The van der Waals surface area contributed by atoms with E-state index in [-0.39, 0.29) is 16.8 Å². The summed E-state index contributed by atoms with van der Waals surface area (Å²) >= 11 is 0. The van der Waals surface area contributed by atoms with Crippen molar-refractivity contribution in [1.29, 1.82) is 0 Å². The predicted molar refractivity (Wildman–Crippen MR) is 69.7 cm³/mol. The second-order valence-corrected chi connectivity index (χ2v) is 3.76. The predicted octanol–water partition coefficient (Wildman–Crippen LogP) is 1.39. The fraction of sp³-hybridized carbons (Fsp3) is 0.308. The van der Waals surface area contributed by atoms with E-state index in [0.29, 0.717) is 18.5 Å². The zero-order valence-electron chi connectivity index (χ0n) is 10.7. The molecule has 0 aliphatic heterocycles. The Hall–Kier alpha value is -2.39. The number of rotatable bonds is 3. The quantitative estimate of drug-likeness (QED) is 0.384. The van der Waals surface area contributed by atoms with Crippen LogP contribution in [-0.4, -0.2) is 24.5 Å². The minimum Gasteiger partial charge on any atom is -0.465 e. The molecule has 1 aromatic carbocycles. The Balaban J connectivity index is 3.36. The van der Waals surface area contributed by atoms with Gasteiger partial charge in [0.2, 0.25) is 0 Å². The normalized spacial score (nSPS) is 9.42. The van der Waals surface area contributed by atoms with Crippen LogP contribution in [0.15, 0.2) is 12.1 Å². The van der Waals surface area contributed by atoms with Gasteiger partial charge in [-0.05, 0) is 13.0 Å². The Labute approximate surface area is 110 Å². The fourth-order valence-corrected chi connectivity index (χ4v) is 1.52. The SMILES string of the molecule is COC(=O)c1cc(C#CCCN)cc([N+](=O)[O-])c1C. The Morgan fingerprint density at radius 3 is 2.74 bits per heavy atom. The van der Waals surface area contributed by atoms with Crippen LogP contribution in [0.4, 0.5) is 5.69 Å². The molecule has 0 saturated carbocycles. The third-order valence-corrected chi connectivity index (χ3v) is 2.48. The van der Waals surface area contributed by atoms with E-state index in [0.717, 1.165) is 0 Å². The van der Waals surface area contributed by atoms with Gasteiger partial charge in [0.05, 0.1) is 17.6 Å². The van der Waals surface area contributed by atoms with Crippen molar-refractivity contribution in [2.75, 3.05) is 13.7 Å². The second kappa shape index (κ2) is 6.52. The smallest absolute Gasteiger partial charge is 0.338 e. The molecule has 0 amide bonds. The summed E-state index contributed by atoms with van der Waals surface area (Å²) in [6.07, 6.45) is 0.481. The number of carbonyl (C=O) groups is 1. The van der Waals surface area contributed by atoms with Crippen LogP contribution >= 0.6 is 0 Å². The standard InChI is InChI=1S/C13H14N2O4/c1-9-11(13(16)19-2)7-10(5-3-4-6-14)8-12(9)15(17)18/h7-8H,4,6,14H2,1-2H3. The van der Waals surface area contributed by atoms with Gasteiger partial charge in [0.25, 0.3) is 5.69 Å². The van der Waals surface area contributed by atoms with Gasteiger partial charge < -0.3 is 10.5 Å². The summed E-state index contributed by atoms with van der Waals surface area (Å²) in [4.78, 5) is 22.0. The fourth-order valence-electron chi connectivity index (χ4n) is 1.52. The van der Waals surface area contributed by atoms with E-state index < -0.39 is 10.9 Å². The molecule has 0 aliphatic rings. The van der Waals surface area contributed by atoms with Crippen molar-refractivity contribution in [3.63, 3.8) is 0 Å². The molecule has 0 aliphatic carbocycles. The summed E-state index contributed by atoms with van der Waals surface area (Å²) in [5.74, 6) is 4.89. The monoisotopic (exact) mass is 262 g/mol. The highest BCUT2D eigenvalue weighted by Gasteiger charge is 2.20. The van der Waals surface area contributed by atoms with Crippen LogP contribution < -0.4 is 5.73 Å². The molecule has 0 spiro atoms. The average molecular weight is 262 g/mol. The number of methoxy groups -OCH3 is 1. The van der Waals surface area contributed by atoms with Gasteiger partial charge in [0.15, 0.2) is 0 Å². The molecule has 1 aromatic rings. The summed E-state index contributed by atoms with van der Waals surface area (Å²) in [7, 11) is 1.22. The zero-order chi connectivity index (χ0) is 14.4. The van der Waals surface area contributed by atoms with Crippen LogP contribution in [0, 0.1) is 28.9 Å². The van der Waals surface area contributed by atoms with Crippen molar-refractivity contribution in [2.24, 2.45) is 5.73 Å². The van der Waals surface area contributed by atoms with Crippen molar-refractivity contribution in [2.45, 2.75) is 13.3 Å². The molecule has 6 nitrogen and oxygen atoms in total. The van der Waals surface area contributed by atoms with Crippen molar-refractivity contribution in [3.05, 3.63) is 38.9 Å². The van der Waals surface area contributed by atoms with Gasteiger partial charge in [-0.2, -0.15) is 0 Å². The number of esters is 1. The molecular weight excluding hydrogens is 248 g/mol. The minimum atomic E-state index is -0.622. The van der Waals surface area contributed by atoms with E-state index in [1.165, 1.54) is 26.2 Å². The van der Waals surface area contributed by atoms with Gasteiger partial charge in [0, 0.05) is 30.2 Å². The first kappa shape index (κ1) is 14.7. The number of hydrogen-bond acceptors (Lipinski definition) is 5. The molecule has 0 aromatic heterocycles. The van der Waals surface area contributed by atoms with E-state index in [9.17, 15) is 14.9 Å². The van der Waals surface area contributed by atoms with Crippen molar-refractivity contribution < 1.29 is 14.5 Å². The summed E-state index contributed by atoms with van der Waals surface area (Å²) in [6.45, 7) is 1.91. The molecule has 1 rings (SSSR count).